The van der Waals surface area contributed by atoms with Crippen molar-refractivity contribution in [2.24, 2.45) is 0 Å². The third-order valence-corrected chi connectivity index (χ3v) is 6.53. The maximum Gasteiger partial charge on any atom is 0.265 e. The highest BCUT2D eigenvalue weighted by molar-refractivity contribution is 6.05. The lowest BCUT2D eigenvalue weighted by molar-refractivity contribution is 0.497. The van der Waals surface area contributed by atoms with Gasteiger partial charge in [0.25, 0.3) is 5.56 Å². The smallest absolute Gasteiger partial charge is 0.265 e. The number of unbranched alkanes of at least 4 members (excludes halogenated alkanes) is 1. The first-order valence-corrected chi connectivity index (χ1v) is 11.8. The molecule has 0 aliphatic heterocycles. The summed E-state index contributed by atoms with van der Waals surface area (Å²) in [6, 6.07) is 16.3. The second-order valence-electron chi connectivity index (χ2n) is 8.78. The number of fused-ring (bicyclic) bond motifs is 4. The Morgan fingerprint density at radius 2 is 1.61 bits per heavy atom. The summed E-state index contributed by atoms with van der Waals surface area (Å²) in [7, 11) is 0. The Labute approximate surface area is 192 Å². The summed E-state index contributed by atoms with van der Waals surface area (Å²) in [5.41, 5.74) is 5.64. The molecule has 0 fully saturated rings. The highest BCUT2D eigenvalue weighted by Crippen LogP contribution is 2.29. The SMILES string of the molecule is CCCCc1ccc(-n2c3nc4ccccc4nc3c3c(=O)n(C(C)CC)c(C)nc32)cc1. The van der Waals surface area contributed by atoms with Crippen molar-refractivity contribution < 1.29 is 0 Å². The van der Waals surface area contributed by atoms with E-state index >= 15 is 0 Å². The molecule has 0 aliphatic carbocycles. The summed E-state index contributed by atoms with van der Waals surface area (Å²) in [6.07, 6.45) is 4.25. The van der Waals surface area contributed by atoms with Gasteiger partial charge in [0.05, 0.1) is 11.0 Å². The summed E-state index contributed by atoms with van der Waals surface area (Å²) in [6.45, 7) is 8.24. The summed E-state index contributed by atoms with van der Waals surface area (Å²) < 4.78 is 3.78. The quantitative estimate of drug-likeness (QED) is 0.330. The molecule has 0 N–H and O–H groups in total. The number of hydrogen-bond acceptors (Lipinski definition) is 4. The first kappa shape index (κ1) is 21.3. The van der Waals surface area contributed by atoms with E-state index < -0.39 is 0 Å². The van der Waals surface area contributed by atoms with Crippen LogP contribution in [0, 0.1) is 6.92 Å². The van der Waals surface area contributed by atoms with E-state index in [9.17, 15) is 4.79 Å². The Morgan fingerprint density at radius 1 is 0.909 bits per heavy atom. The van der Waals surface area contributed by atoms with Gasteiger partial charge in [0.15, 0.2) is 11.3 Å². The molecule has 3 aromatic heterocycles. The van der Waals surface area contributed by atoms with E-state index in [2.05, 4.69) is 45.0 Å². The average molecular weight is 440 g/mol. The van der Waals surface area contributed by atoms with Crippen molar-refractivity contribution in [3.8, 4) is 5.69 Å². The third kappa shape index (κ3) is 3.50. The van der Waals surface area contributed by atoms with E-state index in [1.54, 1.807) is 4.57 Å². The fraction of sp³-hybridized carbons (Fsp3) is 0.333. The highest BCUT2D eigenvalue weighted by Gasteiger charge is 2.23. The number of para-hydroxylation sites is 2. The monoisotopic (exact) mass is 439 g/mol. The molecule has 0 aliphatic rings. The third-order valence-electron chi connectivity index (χ3n) is 6.53. The second kappa shape index (κ2) is 8.43. The van der Waals surface area contributed by atoms with Crippen LogP contribution < -0.4 is 5.56 Å². The van der Waals surface area contributed by atoms with Crippen molar-refractivity contribution in [1.82, 2.24) is 24.1 Å². The van der Waals surface area contributed by atoms with Crippen molar-refractivity contribution in [3.05, 3.63) is 70.3 Å². The molecule has 0 radical (unpaired) electrons. The maximum absolute atomic E-state index is 13.8. The Bertz CT molecular complexity index is 1530. The van der Waals surface area contributed by atoms with Gasteiger partial charge >= 0.3 is 0 Å². The number of aromatic nitrogens is 5. The Kier molecular flexibility index (Phi) is 5.44. The van der Waals surface area contributed by atoms with Gasteiger partial charge in [0.1, 0.15) is 16.7 Å². The molecule has 1 atom stereocenters. The summed E-state index contributed by atoms with van der Waals surface area (Å²) in [5, 5.41) is 0.532. The van der Waals surface area contributed by atoms with Gasteiger partial charge in [0.2, 0.25) is 0 Å². The van der Waals surface area contributed by atoms with Crippen molar-refractivity contribution in [2.75, 3.05) is 0 Å². The molecular formula is C27H29N5O. The van der Waals surface area contributed by atoms with Crippen LogP contribution in [0.2, 0.25) is 0 Å². The van der Waals surface area contributed by atoms with Crippen LogP contribution in [0.4, 0.5) is 0 Å². The molecule has 6 nitrogen and oxygen atoms in total. The van der Waals surface area contributed by atoms with Crippen molar-refractivity contribution >= 4 is 33.2 Å². The molecule has 1 unspecified atom stereocenters. The van der Waals surface area contributed by atoms with Crippen LogP contribution in [-0.4, -0.2) is 24.1 Å². The number of benzene rings is 2. The van der Waals surface area contributed by atoms with Crippen LogP contribution in [-0.2, 0) is 6.42 Å². The number of rotatable bonds is 6. The molecule has 33 heavy (non-hydrogen) atoms. The molecular weight excluding hydrogens is 410 g/mol. The first-order chi connectivity index (χ1) is 16.0. The molecule has 5 aromatic rings. The Balaban J connectivity index is 1.87. The van der Waals surface area contributed by atoms with Gasteiger partial charge in [0, 0.05) is 11.7 Å². The fourth-order valence-electron chi connectivity index (χ4n) is 4.55. The molecule has 0 bridgehead atoms. The molecule has 0 saturated heterocycles. The van der Waals surface area contributed by atoms with Crippen molar-refractivity contribution in [1.29, 1.82) is 0 Å². The van der Waals surface area contributed by atoms with Gasteiger partial charge in [-0.1, -0.05) is 44.5 Å². The summed E-state index contributed by atoms with van der Waals surface area (Å²) >= 11 is 0. The summed E-state index contributed by atoms with van der Waals surface area (Å²) in [5.74, 6) is 0.704. The van der Waals surface area contributed by atoms with Gasteiger partial charge in [-0.25, -0.2) is 15.0 Å². The first-order valence-electron chi connectivity index (χ1n) is 11.8. The number of nitrogens with zero attached hydrogens (tertiary/aromatic N) is 5. The molecule has 3 heterocycles. The highest BCUT2D eigenvalue weighted by atomic mass is 16.1. The van der Waals surface area contributed by atoms with Crippen LogP contribution in [0.15, 0.2) is 53.3 Å². The maximum atomic E-state index is 13.8. The van der Waals surface area contributed by atoms with E-state index in [-0.39, 0.29) is 11.6 Å². The zero-order valence-electron chi connectivity index (χ0n) is 19.7. The van der Waals surface area contributed by atoms with Gasteiger partial charge in [-0.15, -0.1) is 0 Å². The lowest BCUT2D eigenvalue weighted by Gasteiger charge is -2.16. The van der Waals surface area contributed by atoms with Gasteiger partial charge in [-0.2, -0.15) is 0 Å². The van der Waals surface area contributed by atoms with Crippen LogP contribution >= 0.6 is 0 Å². The van der Waals surface area contributed by atoms with E-state index in [0.29, 0.717) is 28.0 Å². The minimum absolute atomic E-state index is 0.0547. The van der Waals surface area contributed by atoms with Gasteiger partial charge in [-0.05, 0) is 62.9 Å². The molecule has 0 saturated carbocycles. The molecule has 5 rings (SSSR count). The zero-order valence-corrected chi connectivity index (χ0v) is 19.7. The molecule has 0 amide bonds. The largest absolute Gasteiger partial charge is 0.293 e. The van der Waals surface area contributed by atoms with E-state index in [1.165, 1.54) is 18.4 Å². The van der Waals surface area contributed by atoms with Gasteiger partial charge < -0.3 is 0 Å². The fourth-order valence-corrected chi connectivity index (χ4v) is 4.55. The standard InChI is InChI=1S/C27H29N5O/c1-5-7-10-19-13-15-20(16-14-19)32-25-23(27(33)31(17(3)6-2)18(4)28-25)24-26(32)30-22-12-9-8-11-21(22)29-24/h8-9,11-17H,5-7,10H2,1-4H3. The van der Waals surface area contributed by atoms with Gasteiger partial charge in [-0.3, -0.25) is 13.9 Å². The normalized spacial score (nSPS) is 12.7. The lowest BCUT2D eigenvalue weighted by atomic mass is 10.1. The van der Waals surface area contributed by atoms with Crippen LogP contribution in [0.25, 0.3) is 38.9 Å². The van der Waals surface area contributed by atoms with Crippen LogP contribution in [0.3, 0.4) is 0 Å². The molecule has 0 spiro atoms. The van der Waals surface area contributed by atoms with E-state index in [0.717, 1.165) is 29.6 Å². The molecule has 6 heteroatoms. The van der Waals surface area contributed by atoms with Crippen molar-refractivity contribution in [3.63, 3.8) is 0 Å². The predicted molar refractivity (Wildman–Crippen MR) is 134 cm³/mol. The predicted octanol–water partition coefficient (Wildman–Crippen LogP) is 5.91. The van der Waals surface area contributed by atoms with E-state index in [1.807, 2.05) is 35.8 Å². The second-order valence-corrected chi connectivity index (χ2v) is 8.78. The summed E-state index contributed by atoms with van der Waals surface area (Å²) in [4.78, 5) is 28.5. The number of hydrogen-bond donors (Lipinski definition) is 0. The molecule has 2 aromatic carbocycles. The number of aryl methyl sites for hydroxylation is 2. The van der Waals surface area contributed by atoms with E-state index in [4.69, 9.17) is 15.0 Å². The van der Waals surface area contributed by atoms with Crippen molar-refractivity contribution in [2.45, 2.75) is 59.4 Å². The van der Waals surface area contributed by atoms with Crippen LogP contribution in [0.5, 0.6) is 0 Å². The topological polar surface area (TPSA) is 65.6 Å². The Hall–Kier alpha value is -3.54. The van der Waals surface area contributed by atoms with Crippen LogP contribution in [0.1, 0.15) is 57.5 Å². The Morgan fingerprint density at radius 3 is 2.27 bits per heavy atom. The zero-order chi connectivity index (χ0) is 23.1. The minimum Gasteiger partial charge on any atom is -0.293 e. The minimum atomic E-state index is -0.0558. The average Bonchev–Trinajstić information content (AvgIpc) is 3.14. The lowest BCUT2D eigenvalue weighted by Crippen LogP contribution is -2.26. The molecule has 168 valence electrons.